The van der Waals surface area contributed by atoms with Gasteiger partial charge < -0.3 is 4.90 Å². The van der Waals surface area contributed by atoms with Gasteiger partial charge in [-0.25, -0.2) is 4.98 Å². The summed E-state index contributed by atoms with van der Waals surface area (Å²) in [6.07, 6.45) is -1.95. The number of hydrogen-bond donors (Lipinski definition) is 0. The Hall–Kier alpha value is -2.88. The molecule has 0 saturated carbocycles. The van der Waals surface area contributed by atoms with Crippen molar-refractivity contribution < 1.29 is 18.0 Å². The van der Waals surface area contributed by atoms with E-state index in [1.807, 2.05) is 12.1 Å². The van der Waals surface area contributed by atoms with Crippen LogP contribution in [0.4, 0.5) is 18.9 Å². The number of pyridine rings is 2. The van der Waals surface area contributed by atoms with E-state index < -0.39 is 17.6 Å². The molecular formula is C20H20F3N5OS. The van der Waals surface area contributed by atoms with Crippen molar-refractivity contribution >= 4 is 23.1 Å². The Balaban J connectivity index is 1.93. The molecule has 0 spiro atoms. The number of halogens is 3. The van der Waals surface area contributed by atoms with E-state index in [0.29, 0.717) is 28.1 Å². The van der Waals surface area contributed by atoms with Crippen LogP contribution in [0, 0.1) is 0 Å². The molecule has 3 aromatic heterocycles. The van der Waals surface area contributed by atoms with Crippen molar-refractivity contribution in [1.29, 1.82) is 0 Å². The number of rotatable bonds is 5. The number of carbonyl (C=O) groups is 1. The summed E-state index contributed by atoms with van der Waals surface area (Å²) in [6.45, 7) is 5.42. The Morgan fingerprint density at radius 1 is 1.23 bits per heavy atom. The maximum absolute atomic E-state index is 13.1. The molecule has 0 saturated heterocycles. The largest absolute Gasteiger partial charge is 0.417 e. The predicted octanol–water partition coefficient (Wildman–Crippen LogP) is 4.71. The minimum atomic E-state index is -4.55. The van der Waals surface area contributed by atoms with Gasteiger partial charge in [-0.15, -0.1) is 0 Å². The molecule has 0 bridgehead atoms. The van der Waals surface area contributed by atoms with Crippen LogP contribution in [-0.4, -0.2) is 32.3 Å². The second-order valence-electron chi connectivity index (χ2n) is 7.08. The normalized spacial score (nSPS) is 11.7. The zero-order chi connectivity index (χ0) is 22.1. The fourth-order valence-corrected chi connectivity index (χ4v) is 3.39. The molecule has 6 nitrogen and oxygen atoms in total. The molecule has 10 heteroatoms. The summed E-state index contributed by atoms with van der Waals surface area (Å²) in [5, 5.41) is 0.562. The van der Waals surface area contributed by atoms with E-state index in [4.69, 9.17) is 0 Å². The average Bonchev–Trinajstić information content (AvgIpc) is 3.15. The molecule has 3 heterocycles. The van der Waals surface area contributed by atoms with Crippen LogP contribution >= 0.6 is 11.5 Å². The number of alkyl halides is 3. The van der Waals surface area contributed by atoms with Gasteiger partial charge in [0.05, 0.1) is 16.9 Å². The lowest BCUT2D eigenvalue weighted by Crippen LogP contribution is -2.25. The summed E-state index contributed by atoms with van der Waals surface area (Å²) in [7, 11) is 1.41. The lowest BCUT2D eigenvalue weighted by Gasteiger charge is -2.19. The molecular weight excluding hydrogens is 415 g/mol. The predicted molar refractivity (Wildman–Crippen MR) is 108 cm³/mol. The smallest absolute Gasteiger partial charge is 0.314 e. The number of nitrogens with zero attached hydrogens (tertiary/aromatic N) is 5. The molecule has 0 radical (unpaired) electrons. The first-order chi connectivity index (χ1) is 14.1. The van der Waals surface area contributed by atoms with Crippen LogP contribution in [0.3, 0.4) is 0 Å². The number of carbonyl (C=O) groups excluding carboxylic acids is 1. The molecule has 3 aromatic rings. The van der Waals surface area contributed by atoms with E-state index in [2.05, 4.69) is 33.2 Å². The van der Waals surface area contributed by atoms with Crippen LogP contribution < -0.4 is 4.90 Å². The monoisotopic (exact) mass is 435 g/mol. The summed E-state index contributed by atoms with van der Waals surface area (Å²) in [6, 6.07) is 4.78. The third-order valence-electron chi connectivity index (χ3n) is 4.57. The zero-order valence-electron chi connectivity index (χ0n) is 16.9. The van der Waals surface area contributed by atoms with Gasteiger partial charge in [0, 0.05) is 32.8 Å². The molecule has 30 heavy (non-hydrogen) atoms. The fourth-order valence-electron chi connectivity index (χ4n) is 2.73. The van der Waals surface area contributed by atoms with Crippen molar-refractivity contribution in [2.75, 3.05) is 11.9 Å². The van der Waals surface area contributed by atoms with Crippen molar-refractivity contribution in [3.05, 3.63) is 52.4 Å². The molecule has 0 aromatic carbocycles. The van der Waals surface area contributed by atoms with Gasteiger partial charge in [0.15, 0.2) is 5.82 Å². The Kier molecular flexibility index (Phi) is 6.16. The zero-order valence-corrected chi connectivity index (χ0v) is 17.7. The molecule has 158 valence electrons. The van der Waals surface area contributed by atoms with Gasteiger partial charge in [-0.1, -0.05) is 13.8 Å². The van der Waals surface area contributed by atoms with Gasteiger partial charge in [-0.3, -0.25) is 14.8 Å². The van der Waals surface area contributed by atoms with Gasteiger partial charge in [-0.2, -0.15) is 17.5 Å². The van der Waals surface area contributed by atoms with Crippen LogP contribution in [0.5, 0.6) is 0 Å². The molecule has 0 aliphatic heterocycles. The van der Waals surface area contributed by atoms with E-state index in [1.54, 1.807) is 6.20 Å². The van der Waals surface area contributed by atoms with Crippen molar-refractivity contribution in [1.82, 2.24) is 19.3 Å². The first-order valence-electron chi connectivity index (χ1n) is 9.15. The SMILES string of the molecule is CC(=O)N(C)c1cc(C(F)(F)F)cnc1Cc1nc(-c2cc(C(C)C)ccn2)ns1. The molecule has 3 rings (SSSR count). The van der Waals surface area contributed by atoms with Crippen molar-refractivity contribution in [3.8, 4) is 11.5 Å². The van der Waals surface area contributed by atoms with Gasteiger partial charge in [0.25, 0.3) is 0 Å². The van der Waals surface area contributed by atoms with Crippen molar-refractivity contribution in [2.24, 2.45) is 0 Å². The molecule has 0 N–H and O–H groups in total. The highest BCUT2D eigenvalue weighted by atomic mass is 32.1. The minimum absolute atomic E-state index is 0.0917. The lowest BCUT2D eigenvalue weighted by atomic mass is 10.0. The highest BCUT2D eigenvalue weighted by Gasteiger charge is 2.32. The maximum atomic E-state index is 13.1. The van der Waals surface area contributed by atoms with E-state index in [1.165, 1.54) is 14.0 Å². The first kappa shape index (κ1) is 21.8. The third kappa shape index (κ3) is 4.81. The van der Waals surface area contributed by atoms with Crippen molar-refractivity contribution in [2.45, 2.75) is 39.3 Å². The molecule has 0 unspecified atom stereocenters. The number of anilines is 1. The van der Waals surface area contributed by atoms with Crippen LogP contribution in [0.15, 0.2) is 30.6 Å². The van der Waals surface area contributed by atoms with Gasteiger partial charge >= 0.3 is 6.18 Å². The van der Waals surface area contributed by atoms with Gasteiger partial charge in [-0.05, 0) is 41.2 Å². The standard InChI is InChI=1S/C20H20F3N5OS/c1-11(2)13-5-6-24-16(7-13)19-26-18(30-27-19)9-15-17(28(4)12(3)29)8-14(10-25-15)20(21,22)23/h5-8,10-11H,9H2,1-4H3. The average molecular weight is 435 g/mol. The van der Waals surface area contributed by atoms with E-state index in [9.17, 15) is 18.0 Å². The van der Waals surface area contributed by atoms with Gasteiger partial charge in [0.2, 0.25) is 5.91 Å². The Morgan fingerprint density at radius 3 is 2.60 bits per heavy atom. The Labute approximate surface area is 176 Å². The highest BCUT2D eigenvalue weighted by molar-refractivity contribution is 7.05. The summed E-state index contributed by atoms with van der Waals surface area (Å²) < 4.78 is 43.6. The third-order valence-corrected chi connectivity index (χ3v) is 5.29. The second-order valence-corrected chi connectivity index (χ2v) is 7.92. The second kappa shape index (κ2) is 8.47. The maximum Gasteiger partial charge on any atom is 0.417 e. The van der Waals surface area contributed by atoms with Crippen LogP contribution in [0.1, 0.15) is 48.5 Å². The molecule has 0 aliphatic rings. The fraction of sp³-hybridized carbons (Fsp3) is 0.350. The van der Waals surface area contributed by atoms with Crippen LogP contribution in [0.2, 0.25) is 0 Å². The van der Waals surface area contributed by atoms with E-state index >= 15 is 0 Å². The molecule has 0 fully saturated rings. The Bertz CT molecular complexity index is 1060. The highest BCUT2D eigenvalue weighted by Crippen LogP contribution is 2.33. The minimum Gasteiger partial charge on any atom is -0.314 e. The quantitative estimate of drug-likeness (QED) is 0.580. The van der Waals surface area contributed by atoms with Crippen molar-refractivity contribution in [3.63, 3.8) is 0 Å². The topological polar surface area (TPSA) is 71.9 Å². The first-order valence-corrected chi connectivity index (χ1v) is 9.93. The molecule has 1 amide bonds. The van der Waals surface area contributed by atoms with E-state index in [0.717, 1.165) is 34.3 Å². The van der Waals surface area contributed by atoms with E-state index in [-0.39, 0.29) is 12.1 Å². The lowest BCUT2D eigenvalue weighted by molar-refractivity contribution is -0.137. The summed E-state index contributed by atoms with van der Waals surface area (Å²) in [4.78, 5) is 25.7. The molecule has 0 aliphatic carbocycles. The number of hydrogen-bond acceptors (Lipinski definition) is 6. The molecule has 0 atom stereocenters. The Morgan fingerprint density at radius 2 is 1.97 bits per heavy atom. The van der Waals surface area contributed by atoms with Gasteiger partial charge in [0.1, 0.15) is 10.7 Å². The summed E-state index contributed by atoms with van der Waals surface area (Å²) >= 11 is 1.13. The number of aromatic nitrogens is 4. The summed E-state index contributed by atoms with van der Waals surface area (Å²) in [5.74, 6) is 0.377. The van der Waals surface area contributed by atoms with Crippen LogP contribution in [0.25, 0.3) is 11.5 Å². The van der Waals surface area contributed by atoms with Crippen LogP contribution in [-0.2, 0) is 17.4 Å². The summed E-state index contributed by atoms with van der Waals surface area (Å²) in [5.41, 5.74) is 1.22. The number of amides is 1.